The van der Waals surface area contributed by atoms with E-state index in [0.717, 1.165) is 19.3 Å². The fourth-order valence-electron chi connectivity index (χ4n) is 2.08. The molecule has 0 atom stereocenters. The van der Waals surface area contributed by atoms with E-state index >= 15 is 0 Å². The average Bonchev–Trinajstić information content (AvgIpc) is 2.26. The summed E-state index contributed by atoms with van der Waals surface area (Å²) in [5.74, 6) is -0.237. The average molecular weight is 231 g/mol. The molecule has 0 radical (unpaired) electrons. The molecule has 1 aliphatic rings. The molecule has 1 aromatic heterocycles. The Labute approximate surface area is 99.1 Å². The Balaban J connectivity index is 2.13. The lowest BCUT2D eigenvalue weighted by molar-refractivity contribution is -0.138. The first-order chi connectivity index (χ1) is 8.13. The van der Waals surface area contributed by atoms with Crippen LogP contribution in [0, 0.1) is 11.3 Å². The summed E-state index contributed by atoms with van der Waals surface area (Å²) in [4.78, 5) is 14.9. The number of hydrogen-bond acceptors (Lipinski definition) is 4. The van der Waals surface area contributed by atoms with Crippen molar-refractivity contribution in [2.75, 3.05) is 5.32 Å². The Bertz CT molecular complexity index is 475. The number of carbonyl (C=O) groups is 1. The lowest BCUT2D eigenvalue weighted by Crippen LogP contribution is -2.47. The van der Waals surface area contributed by atoms with Gasteiger partial charge in [-0.3, -0.25) is 4.79 Å². The van der Waals surface area contributed by atoms with Crippen LogP contribution in [0.1, 0.15) is 31.4 Å². The molecular formula is C12H13N3O2. The molecule has 0 amide bonds. The first-order valence-electron chi connectivity index (χ1n) is 5.51. The van der Waals surface area contributed by atoms with E-state index in [0.29, 0.717) is 11.5 Å². The zero-order valence-electron chi connectivity index (χ0n) is 9.31. The van der Waals surface area contributed by atoms with Gasteiger partial charge >= 0.3 is 5.97 Å². The Morgan fingerprint density at radius 1 is 1.59 bits per heavy atom. The summed E-state index contributed by atoms with van der Waals surface area (Å²) in [6.07, 6.45) is 2.78. The van der Waals surface area contributed by atoms with Crippen molar-refractivity contribution in [3.8, 4) is 6.07 Å². The van der Waals surface area contributed by atoms with Gasteiger partial charge < -0.3 is 10.4 Å². The predicted molar refractivity (Wildman–Crippen MR) is 61.4 cm³/mol. The van der Waals surface area contributed by atoms with Crippen molar-refractivity contribution < 1.29 is 9.90 Å². The van der Waals surface area contributed by atoms with Crippen LogP contribution in [0.4, 0.5) is 5.82 Å². The third-order valence-corrected chi connectivity index (χ3v) is 3.06. The summed E-state index contributed by atoms with van der Waals surface area (Å²) in [6, 6.07) is 7.07. The number of nitrogens with one attached hydrogen (secondary N) is 1. The third kappa shape index (κ3) is 2.53. The number of carboxylic acids is 1. The smallest absolute Gasteiger partial charge is 0.305 e. The summed E-state index contributed by atoms with van der Waals surface area (Å²) in [5, 5.41) is 20.8. The number of carboxylic acid groups (broad SMARTS) is 1. The van der Waals surface area contributed by atoms with Crippen molar-refractivity contribution in [2.45, 2.75) is 31.2 Å². The molecule has 1 aromatic rings. The molecule has 0 bridgehead atoms. The quantitative estimate of drug-likeness (QED) is 0.824. The van der Waals surface area contributed by atoms with E-state index in [-0.39, 0.29) is 12.0 Å². The van der Waals surface area contributed by atoms with Crippen molar-refractivity contribution in [3.05, 3.63) is 23.9 Å². The number of aromatic nitrogens is 1. The van der Waals surface area contributed by atoms with Crippen LogP contribution in [0.3, 0.4) is 0 Å². The third-order valence-electron chi connectivity index (χ3n) is 3.06. The molecular weight excluding hydrogens is 218 g/mol. The number of nitriles is 1. The van der Waals surface area contributed by atoms with E-state index in [9.17, 15) is 4.79 Å². The molecule has 17 heavy (non-hydrogen) atoms. The highest BCUT2D eigenvalue weighted by Gasteiger charge is 2.39. The monoisotopic (exact) mass is 231 g/mol. The van der Waals surface area contributed by atoms with E-state index in [4.69, 9.17) is 10.4 Å². The van der Waals surface area contributed by atoms with Crippen LogP contribution in [0.25, 0.3) is 0 Å². The summed E-state index contributed by atoms with van der Waals surface area (Å²) < 4.78 is 0. The van der Waals surface area contributed by atoms with Crippen molar-refractivity contribution >= 4 is 11.8 Å². The van der Waals surface area contributed by atoms with Gasteiger partial charge in [-0.2, -0.15) is 5.26 Å². The summed E-state index contributed by atoms with van der Waals surface area (Å²) >= 11 is 0. The van der Waals surface area contributed by atoms with Crippen LogP contribution in [0.5, 0.6) is 0 Å². The highest BCUT2D eigenvalue weighted by Crippen LogP contribution is 2.37. The molecule has 1 heterocycles. The Kier molecular flexibility index (Phi) is 2.96. The van der Waals surface area contributed by atoms with Crippen molar-refractivity contribution in [1.82, 2.24) is 4.98 Å². The fourth-order valence-corrected chi connectivity index (χ4v) is 2.08. The largest absolute Gasteiger partial charge is 0.481 e. The summed E-state index contributed by atoms with van der Waals surface area (Å²) in [7, 11) is 0. The lowest BCUT2D eigenvalue weighted by Gasteiger charge is -2.41. The topological polar surface area (TPSA) is 86.0 Å². The highest BCUT2D eigenvalue weighted by atomic mass is 16.4. The molecule has 2 N–H and O–H groups in total. The van der Waals surface area contributed by atoms with Crippen LogP contribution in [0.2, 0.25) is 0 Å². The van der Waals surface area contributed by atoms with Gasteiger partial charge in [0.05, 0.1) is 6.42 Å². The molecule has 0 aliphatic heterocycles. The van der Waals surface area contributed by atoms with E-state index in [1.54, 1.807) is 18.2 Å². The van der Waals surface area contributed by atoms with Crippen LogP contribution in [0.15, 0.2) is 18.2 Å². The minimum atomic E-state index is -0.811. The van der Waals surface area contributed by atoms with Gasteiger partial charge in [-0.1, -0.05) is 6.07 Å². The van der Waals surface area contributed by atoms with E-state index in [2.05, 4.69) is 10.3 Å². The number of pyridine rings is 1. The van der Waals surface area contributed by atoms with Crippen LogP contribution >= 0.6 is 0 Å². The molecule has 2 rings (SSSR count). The van der Waals surface area contributed by atoms with E-state index in [1.165, 1.54) is 0 Å². The Morgan fingerprint density at radius 2 is 2.35 bits per heavy atom. The number of hydrogen-bond donors (Lipinski definition) is 2. The van der Waals surface area contributed by atoms with Gasteiger partial charge in [0.15, 0.2) is 0 Å². The molecule has 5 nitrogen and oxygen atoms in total. The second-order valence-corrected chi connectivity index (χ2v) is 4.35. The van der Waals surface area contributed by atoms with Crippen LogP contribution < -0.4 is 5.32 Å². The highest BCUT2D eigenvalue weighted by molar-refractivity contribution is 5.69. The van der Waals surface area contributed by atoms with Gasteiger partial charge in [-0.15, -0.1) is 0 Å². The molecule has 1 fully saturated rings. The maximum Gasteiger partial charge on any atom is 0.305 e. The van der Waals surface area contributed by atoms with Crippen molar-refractivity contribution in [1.29, 1.82) is 5.26 Å². The van der Waals surface area contributed by atoms with Gasteiger partial charge in [0.2, 0.25) is 0 Å². The fraction of sp³-hybridized carbons (Fsp3) is 0.417. The maximum absolute atomic E-state index is 10.8. The Hall–Kier alpha value is -2.09. The van der Waals surface area contributed by atoms with Gasteiger partial charge in [0.1, 0.15) is 17.6 Å². The predicted octanol–water partition coefficient (Wildman–Crippen LogP) is 1.76. The molecule has 1 aliphatic carbocycles. The van der Waals surface area contributed by atoms with Crippen molar-refractivity contribution in [3.63, 3.8) is 0 Å². The minimum Gasteiger partial charge on any atom is -0.481 e. The minimum absolute atomic E-state index is 0.0888. The van der Waals surface area contributed by atoms with E-state index < -0.39 is 5.97 Å². The zero-order chi connectivity index (χ0) is 12.3. The number of anilines is 1. The van der Waals surface area contributed by atoms with E-state index in [1.807, 2.05) is 6.07 Å². The standard InChI is InChI=1S/C12H13N3O2/c13-8-9-3-1-4-10(14-9)15-12(5-2-6-12)7-11(16)17/h1,3-4H,2,5-7H2,(H,14,15)(H,16,17). The lowest BCUT2D eigenvalue weighted by atomic mass is 9.74. The van der Waals surface area contributed by atoms with Crippen LogP contribution in [-0.2, 0) is 4.79 Å². The molecule has 0 saturated heterocycles. The van der Waals surface area contributed by atoms with Gasteiger partial charge in [0.25, 0.3) is 0 Å². The molecule has 88 valence electrons. The van der Waals surface area contributed by atoms with Crippen molar-refractivity contribution in [2.24, 2.45) is 0 Å². The summed E-state index contributed by atoms with van der Waals surface area (Å²) in [6.45, 7) is 0. The molecule has 5 heteroatoms. The van der Waals surface area contributed by atoms with Gasteiger partial charge in [-0.25, -0.2) is 4.98 Å². The molecule has 0 aromatic carbocycles. The van der Waals surface area contributed by atoms with Gasteiger partial charge in [0, 0.05) is 5.54 Å². The molecule has 0 spiro atoms. The summed E-state index contributed by atoms with van der Waals surface area (Å²) in [5.41, 5.74) is -0.0489. The maximum atomic E-state index is 10.8. The first-order valence-corrected chi connectivity index (χ1v) is 5.51. The second-order valence-electron chi connectivity index (χ2n) is 4.35. The number of aliphatic carboxylic acids is 1. The van der Waals surface area contributed by atoms with Gasteiger partial charge in [-0.05, 0) is 31.4 Å². The van der Waals surface area contributed by atoms with Crippen LogP contribution in [-0.4, -0.2) is 21.6 Å². The number of rotatable bonds is 4. The number of nitrogens with zero attached hydrogens (tertiary/aromatic N) is 2. The zero-order valence-corrected chi connectivity index (χ0v) is 9.31. The molecule has 1 saturated carbocycles. The normalized spacial score (nSPS) is 16.6. The molecule has 0 unspecified atom stereocenters. The Morgan fingerprint density at radius 3 is 2.88 bits per heavy atom. The SMILES string of the molecule is N#Cc1cccc(NC2(CC(=O)O)CCC2)n1. The second kappa shape index (κ2) is 4.42. The first kappa shape index (κ1) is 11.4.